The number of amides is 1. The Kier molecular flexibility index (Phi) is 3.66. The summed E-state index contributed by atoms with van der Waals surface area (Å²) in [5.41, 5.74) is 7.30. The average molecular weight is 258 g/mol. The zero-order chi connectivity index (χ0) is 13.9. The first-order chi connectivity index (χ1) is 9.02. The van der Waals surface area contributed by atoms with E-state index in [1.54, 1.807) is 6.07 Å². The number of hydrogen-bond donors (Lipinski definition) is 3. The van der Waals surface area contributed by atoms with Crippen LogP contribution >= 0.6 is 0 Å². The van der Waals surface area contributed by atoms with Crippen molar-refractivity contribution in [3.63, 3.8) is 0 Å². The van der Waals surface area contributed by atoms with E-state index in [1.165, 1.54) is 0 Å². The minimum Gasteiger partial charge on any atom is -0.345 e. The number of aromatic amines is 1. The third kappa shape index (κ3) is 3.20. The lowest BCUT2D eigenvalue weighted by atomic mass is 10.1. The lowest BCUT2D eigenvalue weighted by molar-refractivity contribution is 0.0910. The van der Waals surface area contributed by atoms with Crippen LogP contribution in [0.2, 0.25) is 0 Å². The normalized spacial score (nSPS) is 11.3. The van der Waals surface area contributed by atoms with Crippen LogP contribution in [0.25, 0.3) is 11.3 Å². The molecule has 0 unspecified atom stereocenters. The van der Waals surface area contributed by atoms with E-state index in [0.717, 1.165) is 11.3 Å². The molecule has 100 valence electrons. The Morgan fingerprint density at radius 2 is 2.05 bits per heavy atom. The first-order valence-electron chi connectivity index (χ1n) is 6.15. The first kappa shape index (κ1) is 13.3. The lowest BCUT2D eigenvalue weighted by Gasteiger charge is -2.23. The Hall–Kier alpha value is -2.14. The van der Waals surface area contributed by atoms with Crippen molar-refractivity contribution in [1.29, 1.82) is 0 Å². The van der Waals surface area contributed by atoms with Crippen LogP contribution < -0.4 is 11.1 Å². The van der Waals surface area contributed by atoms with Crippen molar-refractivity contribution in [2.75, 3.05) is 6.54 Å². The smallest absolute Gasteiger partial charge is 0.269 e. The molecule has 0 fully saturated rings. The molecule has 0 spiro atoms. The molecule has 1 aromatic carbocycles. The molecule has 1 heterocycles. The number of aromatic nitrogens is 2. The fourth-order valence-corrected chi connectivity index (χ4v) is 1.62. The van der Waals surface area contributed by atoms with Gasteiger partial charge < -0.3 is 11.1 Å². The highest BCUT2D eigenvalue weighted by Crippen LogP contribution is 2.17. The molecule has 4 N–H and O–H groups in total. The number of H-pyrrole nitrogens is 1. The highest BCUT2D eigenvalue weighted by atomic mass is 16.2. The molecule has 0 aliphatic heterocycles. The topological polar surface area (TPSA) is 83.8 Å². The quantitative estimate of drug-likeness (QED) is 0.778. The van der Waals surface area contributed by atoms with E-state index < -0.39 is 5.54 Å². The summed E-state index contributed by atoms with van der Waals surface area (Å²) in [6, 6.07) is 11.4. The van der Waals surface area contributed by atoms with Gasteiger partial charge in [0.05, 0.1) is 5.69 Å². The van der Waals surface area contributed by atoms with Gasteiger partial charge in [-0.15, -0.1) is 0 Å². The van der Waals surface area contributed by atoms with Crippen LogP contribution in [0.5, 0.6) is 0 Å². The van der Waals surface area contributed by atoms with Gasteiger partial charge in [0.1, 0.15) is 5.69 Å². The van der Waals surface area contributed by atoms with Crippen LogP contribution in [0.3, 0.4) is 0 Å². The van der Waals surface area contributed by atoms with Gasteiger partial charge in [-0.25, -0.2) is 0 Å². The van der Waals surface area contributed by atoms with Gasteiger partial charge in [-0.3, -0.25) is 9.89 Å². The lowest BCUT2D eigenvalue weighted by Crippen LogP contribution is -2.48. The van der Waals surface area contributed by atoms with E-state index in [2.05, 4.69) is 15.5 Å². The van der Waals surface area contributed by atoms with Gasteiger partial charge >= 0.3 is 0 Å². The molecule has 1 aromatic heterocycles. The molecule has 0 atom stereocenters. The second-order valence-electron chi connectivity index (χ2n) is 5.08. The van der Waals surface area contributed by atoms with Crippen LogP contribution in [-0.4, -0.2) is 28.2 Å². The predicted molar refractivity (Wildman–Crippen MR) is 74.6 cm³/mol. The molecule has 5 nitrogen and oxygen atoms in total. The van der Waals surface area contributed by atoms with E-state index in [4.69, 9.17) is 5.73 Å². The Bertz CT molecular complexity index is 560. The van der Waals surface area contributed by atoms with Crippen LogP contribution in [0.4, 0.5) is 0 Å². The van der Waals surface area contributed by atoms with Crippen molar-refractivity contribution in [2.24, 2.45) is 5.73 Å². The number of carbonyl (C=O) groups is 1. The third-order valence-corrected chi connectivity index (χ3v) is 2.85. The van der Waals surface area contributed by atoms with Crippen molar-refractivity contribution in [1.82, 2.24) is 15.5 Å². The summed E-state index contributed by atoms with van der Waals surface area (Å²) >= 11 is 0. The molecular weight excluding hydrogens is 240 g/mol. The Morgan fingerprint density at radius 1 is 1.37 bits per heavy atom. The van der Waals surface area contributed by atoms with Gasteiger partial charge in [0.15, 0.2) is 0 Å². The molecule has 2 aromatic rings. The fraction of sp³-hybridized carbons (Fsp3) is 0.286. The van der Waals surface area contributed by atoms with E-state index >= 15 is 0 Å². The highest BCUT2D eigenvalue weighted by molar-refractivity contribution is 5.93. The third-order valence-electron chi connectivity index (χ3n) is 2.85. The predicted octanol–water partition coefficient (Wildman–Crippen LogP) is 1.54. The molecule has 0 radical (unpaired) electrons. The van der Waals surface area contributed by atoms with Crippen LogP contribution in [-0.2, 0) is 0 Å². The van der Waals surface area contributed by atoms with Gasteiger partial charge in [0, 0.05) is 17.6 Å². The minimum absolute atomic E-state index is 0.204. The van der Waals surface area contributed by atoms with Crippen molar-refractivity contribution < 1.29 is 4.79 Å². The Labute approximate surface area is 112 Å². The van der Waals surface area contributed by atoms with Crippen LogP contribution in [0.1, 0.15) is 24.3 Å². The number of nitrogens with zero attached hydrogens (tertiary/aromatic N) is 1. The standard InChI is InChI=1S/C14H18N4O/c1-14(2,9-15)16-13(19)12-8-11(17-18-12)10-6-4-3-5-7-10/h3-8H,9,15H2,1-2H3,(H,16,19)(H,17,18). The van der Waals surface area contributed by atoms with Crippen LogP contribution in [0, 0.1) is 0 Å². The maximum Gasteiger partial charge on any atom is 0.269 e. The van der Waals surface area contributed by atoms with Crippen molar-refractivity contribution >= 4 is 5.91 Å². The van der Waals surface area contributed by atoms with Gasteiger partial charge in [-0.05, 0) is 19.9 Å². The average Bonchev–Trinajstić information content (AvgIpc) is 2.89. The Morgan fingerprint density at radius 3 is 2.68 bits per heavy atom. The summed E-state index contributed by atoms with van der Waals surface area (Å²) in [4.78, 5) is 12.0. The van der Waals surface area contributed by atoms with Crippen molar-refractivity contribution in [2.45, 2.75) is 19.4 Å². The molecule has 0 saturated carbocycles. The number of rotatable bonds is 4. The Balaban J connectivity index is 2.16. The van der Waals surface area contributed by atoms with Gasteiger partial charge in [0.2, 0.25) is 0 Å². The fourth-order valence-electron chi connectivity index (χ4n) is 1.62. The zero-order valence-corrected chi connectivity index (χ0v) is 11.1. The van der Waals surface area contributed by atoms with Crippen molar-refractivity contribution in [3.8, 4) is 11.3 Å². The van der Waals surface area contributed by atoms with E-state index in [1.807, 2.05) is 44.2 Å². The molecule has 0 aliphatic rings. The van der Waals surface area contributed by atoms with E-state index in [9.17, 15) is 4.79 Å². The highest BCUT2D eigenvalue weighted by Gasteiger charge is 2.20. The van der Waals surface area contributed by atoms with Gasteiger partial charge in [-0.1, -0.05) is 30.3 Å². The van der Waals surface area contributed by atoms with E-state index in [-0.39, 0.29) is 5.91 Å². The summed E-state index contributed by atoms with van der Waals surface area (Å²) in [7, 11) is 0. The van der Waals surface area contributed by atoms with E-state index in [0.29, 0.717) is 12.2 Å². The van der Waals surface area contributed by atoms with Gasteiger partial charge in [0.25, 0.3) is 5.91 Å². The van der Waals surface area contributed by atoms with Crippen LogP contribution in [0.15, 0.2) is 36.4 Å². The number of nitrogens with two attached hydrogens (primary N) is 1. The maximum atomic E-state index is 12.0. The first-order valence-corrected chi connectivity index (χ1v) is 6.15. The molecular formula is C14H18N4O. The zero-order valence-electron chi connectivity index (χ0n) is 11.1. The summed E-state index contributed by atoms with van der Waals surface area (Å²) in [5, 5.41) is 9.75. The second kappa shape index (κ2) is 5.24. The summed E-state index contributed by atoms with van der Waals surface area (Å²) < 4.78 is 0. The minimum atomic E-state index is -0.435. The summed E-state index contributed by atoms with van der Waals surface area (Å²) in [5.74, 6) is -0.204. The number of benzene rings is 1. The largest absolute Gasteiger partial charge is 0.345 e. The molecule has 0 saturated heterocycles. The van der Waals surface area contributed by atoms with Crippen molar-refractivity contribution in [3.05, 3.63) is 42.1 Å². The summed E-state index contributed by atoms with van der Waals surface area (Å²) in [6.07, 6.45) is 0. The SMILES string of the molecule is CC(C)(CN)NC(=O)c1cc(-c2ccccc2)n[nH]1. The molecule has 0 aliphatic carbocycles. The molecule has 19 heavy (non-hydrogen) atoms. The number of hydrogen-bond acceptors (Lipinski definition) is 3. The van der Waals surface area contributed by atoms with Gasteiger partial charge in [-0.2, -0.15) is 5.10 Å². The maximum absolute atomic E-state index is 12.0. The second-order valence-corrected chi connectivity index (χ2v) is 5.08. The number of nitrogens with one attached hydrogen (secondary N) is 2. The summed E-state index contributed by atoms with van der Waals surface area (Å²) in [6.45, 7) is 4.12. The molecule has 1 amide bonds. The monoisotopic (exact) mass is 258 g/mol. The molecule has 5 heteroatoms. The molecule has 2 rings (SSSR count). The number of carbonyl (C=O) groups excluding carboxylic acids is 1. The molecule has 0 bridgehead atoms.